The third-order valence-electron chi connectivity index (χ3n) is 12.0. The van der Waals surface area contributed by atoms with Crippen molar-refractivity contribution in [3.63, 3.8) is 0 Å². The van der Waals surface area contributed by atoms with Crippen LogP contribution in [0.4, 0.5) is 28.9 Å². The number of unbranched alkanes of at least 4 members (excludes halogenated alkanes) is 6. The van der Waals surface area contributed by atoms with Gasteiger partial charge in [0.1, 0.15) is 0 Å². The standard InChI is InChI=1S/2C19H28F2NO.2C5H5.Ti/c2*1-5-7-8-9-13-22(18(23)19(3,4)12-6-2)17-11-10-15(20)14-16(17)21;2*1-2-4-5-3-1;/h2*10-11H,5-9,12-13H2,1-4H3;2*1-5H;. The quantitative estimate of drug-likeness (QED) is 0.0674. The molecule has 2 aliphatic carbocycles. The Balaban J connectivity index is 2.10. The molecule has 0 radical (unpaired) electrons. The van der Waals surface area contributed by atoms with Crippen molar-refractivity contribution in [2.24, 2.45) is 10.8 Å². The molecule has 9 heteroatoms. The van der Waals surface area contributed by atoms with Crippen LogP contribution in [-0.4, -0.2) is 24.9 Å². The Morgan fingerprint density at radius 1 is 0.544 bits per heavy atom. The van der Waals surface area contributed by atoms with Gasteiger partial charge in [-0.15, -0.1) is 0 Å². The Morgan fingerprint density at radius 3 is 1.21 bits per heavy atom. The fourth-order valence-electron chi connectivity index (χ4n) is 8.99. The molecule has 0 saturated carbocycles. The van der Waals surface area contributed by atoms with E-state index < -0.39 is 59.1 Å². The Labute approximate surface area is 343 Å². The molecule has 0 N–H and O–H groups in total. The SMILES string of the molecule is CCCCCCN(C(=O)C(C)(C)CCC)c1ccc(F)[c]([Ti]([c]2c(F)ccc(N(CCCCCC)C(=O)C(C)(C)CCC)c2F)([CH]2C=CC=C2)[CH]2C=CC=C2)c1F. The number of carbonyl (C=O) groups is 2. The summed E-state index contributed by atoms with van der Waals surface area (Å²) in [4.78, 5) is 31.8. The molecule has 4 nitrogen and oxygen atoms in total. The second-order valence-electron chi connectivity index (χ2n) is 17.3. The van der Waals surface area contributed by atoms with Crippen LogP contribution in [0.5, 0.6) is 0 Å². The molecule has 0 saturated heterocycles. The average molecular weight is 827 g/mol. The van der Waals surface area contributed by atoms with E-state index in [2.05, 4.69) is 13.8 Å². The molecule has 0 fully saturated rings. The van der Waals surface area contributed by atoms with Gasteiger partial charge in [0.15, 0.2) is 0 Å². The zero-order valence-electron chi connectivity index (χ0n) is 35.7. The molecule has 0 unspecified atom stereocenters. The Morgan fingerprint density at radius 2 is 0.895 bits per heavy atom. The monoisotopic (exact) mass is 826 g/mol. The van der Waals surface area contributed by atoms with E-state index in [4.69, 9.17) is 0 Å². The summed E-state index contributed by atoms with van der Waals surface area (Å²) >= 11 is -5.25. The molecule has 57 heavy (non-hydrogen) atoms. The number of carbonyl (C=O) groups excluding carboxylic acids is 2. The summed E-state index contributed by atoms with van der Waals surface area (Å²) in [5.74, 6) is -4.24. The molecule has 0 aromatic heterocycles. The molecule has 4 rings (SSSR count). The summed E-state index contributed by atoms with van der Waals surface area (Å²) in [5.41, 5.74) is -1.82. The second kappa shape index (κ2) is 20.6. The van der Waals surface area contributed by atoms with E-state index in [9.17, 15) is 9.59 Å². The molecule has 0 bridgehead atoms. The number of hydrogen-bond acceptors (Lipinski definition) is 2. The van der Waals surface area contributed by atoms with Crippen LogP contribution in [0.1, 0.15) is 132 Å². The first-order chi connectivity index (χ1) is 27.1. The molecule has 0 heterocycles. The van der Waals surface area contributed by atoms with Crippen molar-refractivity contribution in [3.05, 3.63) is 96.1 Å². The molecule has 2 aromatic carbocycles. The van der Waals surface area contributed by atoms with E-state index in [1.165, 1.54) is 34.1 Å². The molecule has 2 aromatic rings. The maximum absolute atomic E-state index is 18.1. The summed E-state index contributed by atoms with van der Waals surface area (Å²) in [6.45, 7) is 16.0. The van der Waals surface area contributed by atoms with Crippen LogP contribution >= 0.6 is 0 Å². The van der Waals surface area contributed by atoms with Gasteiger partial charge >= 0.3 is 345 Å². The van der Waals surface area contributed by atoms with E-state index in [1.807, 2.05) is 41.5 Å². The van der Waals surface area contributed by atoms with Crippen molar-refractivity contribution in [2.45, 2.75) is 141 Å². The number of anilines is 2. The van der Waals surface area contributed by atoms with Gasteiger partial charge in [0, 0.05) is 0 Å². The van der Waals surface area contributed by atoms with Crippen LogP contribution in [0, 0.1) is 34.1 Å². The zero-order chi connectivity index (χ0) is 42.0. The molecule has 0 atom stereocenters. The van der Waals surface area contributed by atoms with Gasteiger partial charge in [-0.3, -0.25) is 0 Å². The van der Waals surface area contributed by atoms with E-state index >= 15 is 17.6 Å². The van der Waals surface area contributed by atoms with E-state index in [1.54, 1.807) is 48.6 Å². The molecule has 2 aliphatic rings. The van der Waals surface area contributed by atoms with Crippen LogP contribution < -0.4 is 17.5 Å². The fourth-order valence-corrected chi connectivity index (χ4v) is 17.8. The van der Waals surface area contributed by atoms with E-state index in [-0.39, 0.29) is 44.0 Å². The van der Waals surface area contributed by atoms with Crippen molar-refractivity contribution in [2.75, 3.05) is 22.9 Å². The number of allylic oxidation sites excluding steroid dienone is 8. The number of rotatable bonds is 22. The summed E-state index contributed by atoms with van der Waals surface area (Å²) < 4.78 is 68.3. The zero-order valence-corrected chi connectivity index (χ0v) is 37.3. The fraction of sp³-hybridized carbons (Fsp3) is 0.542. The van der Waals surface area contributed by atoms with Crippen molar-refractivity contribution in [1.82, 2.24) is 0 Å². The Hall–Kier alpha value is -3.23. The van der Waals surface area contributed by atoms with Gasteiger partial charge in [0.05, 0.1) is 0 Å². The first-order valence-electron chi connectivity index (χ1n) is 21.5. The third-order valence-corrected chi connectivity index (χ3v) is 20.5. The molecule has 0 aliphatic heterocycles. The molecule has 0 spiro atoms. The number of nitrogens with zero attached hydrogens (tertiary/aromatic N) is 2. The predicted molar refractivity (Wildman–Crippen MR) is 226 cm³/mol. The van der Waals surface area contributed by atoms with Crippen LogP contribution in [-0.2, 0) is 26.2 Å². The van der Waals surface area contributed by atoms with Crippen molar-refractivity contribution in [3.8, 4) is 0 Å². The van der Waals surface area contributed by atoms with Crippen LogP contribution in [0.15, 0.2) is 72.9 Å². The van der Waals surface area contributed by atoms with Gasteiger partial charge in [-0.05, 0) is 0 Å². The minimum atomic E-state index is -5.25. The first-order valence-corrected chi connectivity index (χ1v) is 24.8. The molecule has 312 valence electrons. The van der Waals surface area contributed by atoms with Gasteiger partial charge in [-0.1, -0.05) is 0 Å². The van der Waals surface area contributed by atoms with Crippen LogP contribution in [0.25, 0.3) is 0 Å². The van der Waals surface area contributed by atoms with Gasteiger partial charge in [-0.2, -0.15) is 0 Å². The molecule has 2 amide bonds. The third kappa shape index (κ3) is 9.98. The Bertz CT molecular complexity index is 1670. The van der Waals surface area contributed by atoms with Crippen molar-refractivity contribution in [1.29, 1.82) is 0 Å². The average Bonchev–Trinajstić information content (AvgIpc) is 3.91. The summed E-state index contributed by atoms with van der Waals surface area (Å²) in [7, 11) is 0. The van der Waals surface area contributed by atoms with E-state index in [0.29, 0.717) is 25.7 Å². The van der Waals surface area contributed by atoms with E-state index in [0.717, 1.165) is 51.4 Å². The second-order valence-corrected chi connectivity index (χ2v) is 23.6. The number of benzene rings is 2. The van der Waals surface area contributed by atoms with Crippen molar-refractivity contribution >= 4 is 30.9 Å². The maximum atomic E-state index is 18.1. The van der Waals surface area contributed by atoms with Gasteiger partial charge in [-0.25, -0.2) is 0 Å². The molecular weight excluding hydrogens is 760 g/mol. The van der Waals surface area contributed by atoms with Gasteiger partial charge in [0.25, 0.3) is 0 Å². The van der Waals surface area contributed by atoms with Crippen molar-refractivity contribution < 1.29 is 43.7 Å². The number of amides is 2. The molecular formula is C48H66F4N2O2Ti. The minimum absolute atomic E-state index is 0.0741. The first kappa shape index (κ1) is 46.5. The van der Waals surface area contributed by atoms with Crippen LogP contribution in [0.3, 0.4) is 0 Å². The summed E-state index contributed by atoms with van der Waals surface area (Å²) in [5, 5.41) is 0. The summed E-state index contributed by atoms with van der Waals surface area (Å²) in [6.07, 6.45) is 23.6. The topological polar surface area (TPSA) is 40.6 Å². The van der Waals surface area contributed by atoms with Gasteiger partial charge in [0.2, 0.25) is 0 Å². The normalized spacial score (nSPS) is 14.7. The summed E-state index contributed by atoms with van der Waals surface area (Å²) in [6, 6.07) is 4.98. The van der Waals surface area contributed by atoms with Crippen LogP contribution in [0.2, 0.25) is 8.45 Å². The van der Waals surface area contributed by atoms with Gasteiger partial charge < -0.3 is 0 Å². The predicted octanol–water partition coefficient (Wildman–Crippen LogP) is 12.7. The Kier molecular flexibility index (Phi) is 16.8. The number of halogens is 4. The number of hydrogen-bond donors (Lipinski definition) is 0.